The molecule has 0 unspecified atom stereocenters. The zero-order valence-corrected chi connectivity index (χ0v) is 16.1. The molecule has 1 aromatic rings. The molecule has 0 fully saturated rings. The Hall–Kier alpha value is -0.237. The van der Waals surface area contributed by atoms with Crippen LogP contribution in [0.25, 0.3) is 0 Å². The van der Waals surface area contributed by atoms with Gasteiger partial charge in [-0.1, -0.05) is 0 Å². The standard InChI is InChI=1S/C18H30Ge/c1-13(2)12-19-16-10-14(17(3,4)5)9-15(11-16)18(6,7)8/h9-11,13H,12H2,1-8H3. The summed E-state index contributed by atoms with van der Waals surface area (Å²) in [5, 5.41) is 1.40. The van der Waals surface area contributed by atoms with Gasteiger partial charge in [-0.05, 0) is 0 Å². The quantitative estimate of drug-likeness (QED) is 0.709. The van der Waals surface area contributed by atoms with Crippen LogP contribution in [0.5, 0.6) is 0 Å². The first kappa shape index (κ1) is 16.8. The zero-order valence-electron chi connectivity index (χ0n) is 14.0. The van der Waals surface area contributed by atoms with Crippen LogP contribution < -0.4 is 4.40 Å². The molecule has 0 aliphatic carbocycles. The Labute approximate surface area is 126 Å². The number of rotatable bonds is 3. The fourth-order valence-electron chi connectivity index (χ4n) is 1.92. The molecule has 1 aromatic carbocycles. The van der Waals surface area contributed by atoms with Gasteiger partial charge in [0.2, 0.25) is 0 Å². The van der Waals surface area contributed by atoms with Crippen LogP contribution in [0.2, 0.25) is 5.25 Å². The number of hydrogen-bond acceptors (Lipinski definition) is 0. The summed E-state index contributed by atoms with van der Waals surface area (Å²) < 4.78 is 1.63. The van der Waals surface area contributed by atoms with Crippen molar-refractivity contribution in [1.82, 2.24) is 0 Å². The van der Waals surface area contributed by atoms with Crippen LogP contribution in [0, 0.1) is 5.92 Å². The summed E-state index contributed by atoms with van der Waals surface area (Å²) >= 11 is 0.0141. The molecule has 0 saturated heterocycles. The van der Waals surface area contributed by atoms with Gasteiger partial charge in [0.1, 0.15) is 0 Å². The molecule has 0 N–H and O–H groups in total. The fraction of sp³-hybridized carbons (Fsp3) is 0.667. The fourth-order valence-corrected chi connectivity index (χ4v) is 4.35. The molecule has 106 valence electrons. The number of hydrogen-bond donors (Lipinski definition) is 0. The second-order valence-corrected chi connectivity index (χ2v) is 10.9. The predicted molar refractivity (Wildman–Crippen MR) is 88.9 cm³/mol. The molecule has 0 spiro atoms. The van der Waals surface area contributed by atoms with Gasteiger partial charge < -0.3 is 0 Å². The van der Waals surface area contributed by atoms with Crippen molar-refractivity contribution >= 4 is 19.8 Å². The monoisotopic (exact) mass is 320 g/mol. The van der Waals surface area contributed by atoms with Crippen LogP contribution in [-0.2, 0) is 10.8 Å². The summed E-state index contributed by atoms with van der Waals surface area (Å²) in [6.07, 6.45) is 0. The van der Waals surface area contributed by atoms with Crippen LogP contribution >= 0.6 is 0 Å². The van der Waals surface area contributed by atoms with Crippen molar-refractivity contribution in [3.05, 3.63) is 29.3 Å². The van der Waals surface area contributed by atoms with Gasteiger partial charge in [-0.3, -0.25) is 0 Å². The van der Waals surface area contributed by atoms with Crippen molar-refractivity contribution in [1.29, 1.82) is 0 Å². The first-order valence-electron chi connectivity index (χ1n) is 7.40. The van der Waals surface area contributed by atoms with Gasteiger partial charge in [0.25, 0.3) is 0 Å². The molecule has 0 saturated carbocycles. The molecule has 1 rings (SSSR count). The number of benzene rings is 1. The van der Waals surface area contributed by atoms with Gasteiger partial charge in [0.05, 0.1) is 0 Å². The Morgan fingerprint density at radius 1 is 0.842 bits per heavy atom. The minimum atomic E-state index is 0.0141. The summed E-state index contributed by atoms with van der Waals surface area (Å²) in [4.78, 5) is 0. The van der Waals surface area contributed by atoms with Gasteiger partial charge >= 0.3 is 127 Å². The maximum atomic E-state index is 2.47. The van der Waals surface area contributed by atoms with E-state index in [1.54, 1.807) is 4.40 Å². The average Bonchev–Trinajstić information content (AvgIpc) is 2.23. The Balaban J connectivity index is 3.17. The van der Waals surface area contributed by atoms with E-state index in [1.165, 1.54) is 16.4 Å². The van der Waals surface area contributed by atoms with Crippen LogP contribution in [0.4, 0.5) is 0 Å². The Morgan fingerprint density at radius 2 is 1.26 bits per heavy atom. The van der Waals surface area contributed by atoms with Gasteiger partial charge in [-0.25, -0.2) is 0 Å². The van der Waals surface area contributed by atoms with E-state index < -0.39 is 0 Å². The van der Waals surface area contributed by atoms with E-state index in [2.05, 4.69) is 73.6 Å². The second-order valence-electron chi connectivity index (χ2n) is 8.07. The molecule has 0 aromatic heterocycles. The van der Waals surface area contributed by atoms with Crippen LogP contribution in [0.1, 0.15) is 66.5 Å². The molecule has 0 amide bonds. The molecular weight excluding hydrogens is 289 g/mol. The first-order valence-corrected chi connectivity index (χ1v) is 9.93. The molecule has 1 heteroatoms. The van der Waals surface area contributed by atoms with Crippen molar-refractivity contribution in [2.45, 2.75) is 71.5 Å². The van der Waals surface area contributed by atoms with Crippen LogP contribution in [-0.4, -0.2) is 15.4 Å². The van der Waals surface area contributed by atoms with E-state index in [1.807, 2.05) is 0 Å². The van der Waals surface area contributed by atoms with Gasteiger partial charge in [-0.15, -0.1) is 0 Å². The molecular formula is C18H30Ge. The van der Waals surface area contributed by atoms with Crippen LogP contribution in [0.3, 0.4) is 0 Å². The predicted octanol–water partition coefficient (Wildman–Crippen LogP) is 4.69. The van der Waals surface area contributed by atoms with Crippen molar-refractivity contribution in [2.75, 3.05) is 0 Å². The maximum absolute atomic E-state index is 2.47. The van der Waals surface area contributed by atoms with Gasteiger partial charge in [0.15, 0.2) is 0 Å². The summed E-state index contributed by atoms with van der Waals surface area (Å²) in [5.74, 6) is 0.830. The van der Waals surface area contributed by atoms with Crippen LogP contribution in [0.15, 0.2) is 18.2 Å². The summed E-state index contributed by atoms with van der Waals surface area (Å²) in [5.41, 5.74) is 3.50. The Kier molecular flexibility index (Phi) is 5.34. The minimum absolute atomic E-state index is 0.0141. The Bertz CT molecular complexity index is 384. The summed E-state index contributed by atoms with van der Waals surface area (Å²) in [7, 11) is 0. The summed E-state index contributed by atoms with van der Waals surface area (Å²) in [6.45, 7) is 18.6. The van der Waals surface area contributed by atoms with E-state index in [0.717, 1.165) is 5.92 Å². The molecule has 0 nitrogen and oxygen atoms in total. The summed E-state index contributed by atoms with van der Waals surface area (Å²) in [6, 6.07) is 7.36. The van der Waals surface area contributed by atoms with Gasteiger partial charge in [-0.2, -0.15) is 0 Å². The van der Waals surface area contributed by atoms with Gasteiger partial charge in [0, 0.05) is 0 Å². The zero-order chi connectivity index (χ0) is 14.8. The molecule has 2 radical (unpaired) electrons. The van der Waals surface area contributed by atoms with E-state index in [-0.39, 0.29) is 26.3 Å². The Morgan fingerprint density at radius 3 is 1.58 bits per heavy atom. The first-order chi connectivity index (χ1) is 8.50. The molecule has 0 bridgehead atoms. The average molecular weight is 319 g/mol. The SMILES string of the molecule is CC(C)[CH2][Ge][c]1cc(C(C)(C)C)cc(C(C)(C)C)c1. The molecule has 0 aliphatic rings. The third-order valence-corrected chi connectivity index (χ3v) is 6.98. The van der Waals surface area contributed by atoms with E-state index >= 15 is 0 Å². The van der Waals surface area contributed by atoms with Crippen molar-refractivity contribution in [3.63, 3.8) is 0 Å². The molecule has 0 heterocycles. The van der Waals surface area contributed by atoms with Crippen molar-refractivity contribution < 1.29 is 0 Å². The van der Waals surface area contributed by atoms with Crippen molar-refractivity contribution in [3.8, 4) is 0 Å². The molecule has 0 aliphatic heterocycles. The molecule has 0 atom stereocenters. The normalized spacial score (nSPS) is 13.1. The third kappa shape index (κ3) is 5.33. The van der Waals surface area contributed by atoms with E-state index in [9.17, 15) is 0 Å². The van der Waals surface area contributed by atoms with E-state index in [0.29, 0.717) is 0 Å². The van der Waals surface area contributed by atoms with E-state index in [4.69, 9.17) is 0 Å². The topological polar surface area (TPSA) is 0 Å². The molecule has 19 heavy (non-hydrogen) atoms. The van der Waals surface area contributed by atoms with Crippen molar-refractivity contribution in [2.24, 2.45) is 5.92 Å². The third-order valence-electron chi connectivity index (χ3n) is 3.38. The second kappa shape index (κ2) is 6.03.